The molecule has 2 aliphatic heterocycles. The van der Waals surface area contributed by atoms with E-state index >= 15 is 4.39 Å². The average molecular weight is 563 g/mol. The molecule has 0 amide bonds. The van der Waals surface area contributed by atoms with Gasteiger partial charge in [0, 0.05) is 30.6 Å². The molecule has 2 aliphatic rings. The number of nitrogens with zero attached hydrogens (tertiary/aromatic N) is 1. The van der Waals surface area contributed by atoms with Crippen LogP contribution in [0.1, 0.15) is 38.2 Å². The second-order valence-corrected chi connectivity index (χ2v) is 10.6. The molecule has 2 aromatic rings. The molecule has 6 atom stereocenters. The highest BCUT2D eigenvalue weighted by Crippen LogP contribution is 2.57. The Morgan fingerprint density at radius 2 is 2.14 bits per heavy atom. The van der Waals surface area contributed by atoms with Crippen molar-refractivity contribution in [3.05, 3.63) is 68.0 Å². The number of nitrogens with one attached hydrogen (secondary N) is 1. The monoisotopic (exact) mass is 562 g/mol. The van der Waals surface area contributed by atoms with Crippen LogP contribution in [0.3, 0.4) is 0 Å². The van der Waals surface area contributed by atoms with Gasteiger partial charge in [0.15, 0.2) is 18.7 Å². The molecule has 2 saturated heterocycles. The minimum Gasteiger partial charge on any atom is -0.439 e. The second-order valence-electron chi connectivity index (χ2n) is 8.55. The predicted molar refractivity (Wildman–Crippen MR) is 126 cm³/mol. The molecule has 37 heavy (non-hydrogen) atoms. The van der Waals surface area contributed by atoms with Crippen molar-refractivity contribution in [2.45, 2.75) is 50.5 Å². The third-order valence-electron chi connectivity index (χ3n) is 5.80. The molecular formula is C22H25ClFN2O10P. The van der Waals surface area contributed by atoms with E-state index in [0.29, 0.717) is 17.0 Å². The maximum Gasteiger partial charge on any atom is 0.475 e. The van der Waals surface area contributed by atoms with Crippen molar-refractivity contribution < 1.29 is 41.5 Å². The average Bonchev–Trinajstić information content (AvgIpc) is 3.07. The molecule has 12 nitrogen and oxygen atoms in total. The number of aromatic nitrogens is 2. The molecule has 0 bridgehead atoms. The van der Waals surface area contributed by atoms with Crippen LogP contribution >= 0.6 is 19.4 Å². The van der Waals surface area contributed by atoms with Crippen LogP contribution in [0.5, 0.6) is 0 Å². The first-order valence-corrected chi connectivity index (χ1v) is 13.1. The van der Waals surface area contributed by atoms with Gasteiger partial charge >= 0.3 is 19.5 Å². The molecule has 0 unspecified atom stereocenters. The summed E-state index contributed by atoms with van der Waals surface area (Å²) in [5, 5.41) is 0.473. The first-order chi connectivity index (χ1) is 17.5. The fourth-order valence-corrected chi connectivity index (χ4v) is 5.68. The Morgan fingerprint density at radius 3 is 2.84 bits per heavy atom. The Morgan fingerprint density at radius 1 is 1.35 bits per heavy atom. The molecule has 3 heterocycles. The Labute approximate surface area is 215 Å². The molecule has 0 radical (unpaired) electrons. The van der Waals surface area contributed by atoms with Gasteiger partial charge in [0.05, 0.1) is 19.3 Å². The van der Waals surface area contributed by atoms with Crippen LogP contribution in [-0.4, -0.2) is 53.4 Å². The summed E-state index contributed by atoms with van der Waals surface area (Å²) < 4.78 is 62.4. The third-order valence-corrected chi connectivity index (χ3v) is 7.51. The zero-order valence-electron chi connectivity index (χ0n) is 19.8. The first-order valence-electron chi connectivity index (χ1n) is 11.2. The number of phosphoric ester groups is 1. The molecule has 0 aliphatic carbocycles. The van der Waals surface area contributed by atoms with Crippen molar-refractivity contribution in [2.24, 2.45) is 0 Å². The molecule has 202 valence electrons. The third kappa shape index (κ3) is 6.37. The second kappa shape index (κ2) is 11.2. The van der Waals surface area contributed by atoms with Gasteiger partial charge in [-0.2, -0.15) is 0 Å². The van der Waals surface area contributed by atoms with Crippen molar-refractivity contribution in [3.63, 3.8) is 0 Å². The largest absolute Gasteiger partial charge is 0.475 e. The van der Waals surface area contributed by atoms with Crippen LogP contribution < -0.4 is 11.2 Å². The number of aromatic amines is 1. The Hall–Kier alpha value is -2.38. The summed E-state index contributed by atoms with van der Waals surface area (Å²) >= 11 is 6.04. The lowest BCUT2D eigenvalue weighted by atomic mass is 9.98. The van der Waals surface area contributed by atoms with Gasteiger partial charge in [-0.1, -0.05) is 23.7 Å². The summed E-state index contributed by atoms with van der Waals surface area (Å²) in [7, 11) is -4.12. The van der Waals surface area contributed by atoms with E-state index in [-0.39, 0.29) is 6.61 Å². The van der Waals surface area contributed by atoms with Crippen LogP contribution in [0.25, 0.3) is 0 Å². The fourth-order valence-electron chi connectivity index (χ4n) is 4.09. The molecule has 15 heteroatoms. The maximum atomic E-state index is 16.0. The number of carbonyl (C=O) groups is 1. The lowest BCUT2D eigenvalue weighted by Gasteiger charge is -2.30. The van der Waals surface area contributed by atoms with E-state index in [2.05, 4.69) is 0 Å². The van der Waals surface area contributed by atoms with Gasteiger partial charge in [0.2, 0.25) is 0 Å². The number of hydrogen-bond donors (Lipinski definition) is 1. The molecule has 0 saturated carbocycles. The van der Waals surface area contributed by atoms with Crippen molar-refractivity contribution >= 4 is 25.4 Å². The van der Waals surface area contributed by atoms with Gasteiger partial charge < -0.3 is 14.2 Å². The summed E-state index contributed by atoms with van der Waals surface area (Å²) in [6.07, 6.45) is -3.43. The van der Waals surface area contributed by atoms with Crippen LogP contribution in [0.2, 0.25) is 5.02 Å². The summed E-state index contributed by atoms with van der Waals surface area (Å²) in [4.78, 5) is 36.9. The number of benzene rings is 1. The van der Waals surface area contributed by atoms with Gasteiger partial charge in [-0.3, -0.25) is 32.7 Å². The highest BCUT2D eigenvalue weighted by Gasteiger charge is 2.57. The number of phosphoric acid groups is 1. The van der Waals surface area contributed by atoms with E-state index in [0.717, 1.165) is 30.7 Å². The quantitative estimate of drug-likeness (QED) is 0.289. The van der Waals surface area contributed by atoms with Gasteiger partial charge in [0.25, 0.3) is 5.56 Å². The highest BCUT2D eigenvalue weighted by molar-refractivity contribution is 7.48. The van der Waals surface area contributed by atoms with Crippen LogP contribution in [-0.2, 0) is 37.1 Å². The lowest BCUT2D eigenvalue weighted by molar-refractivity contribution is -0.168. The summed E-state index contributed by atoms with van der Waals surface area (Å²) in [6.45, 7) is 1.17. The van der Waals surface area contributed by atoms with E-state index in [4.69, 9.17) is 39.4 Å². The highest BCUT2D eigenvalue weighted by atomic mass is 35.5. The molecule has 1 N–H and O–H groups in total. The topological polar surface area (TPSA) is 144 Å². The Bertz CT molecular complexity index is 1300. The summed E-state index contributed by atoms with van der Waals surface area (Å²) in [5.74, 6) is -0.666. The summed E-state index contributed by atoms with van der Waals surface area (Å²) in [6, 6.07) is 7.86. The van der Waals surface area contributed by atoms with Crippen LogP contribution in [0.4, 0.5) is 4.39 Å². The number of carbonyl (C=O) groups excluding carboxylic acids is 1. The van der Waals surface area contributed by atoms with Crippen LogP contribution in [0.15, 0.2) is 46.1 Å². The standard InChI is InChI=1S/C22H25ClFN2O10P/c1-13(27)31-12-32-19-17(35-20(22(19,2)24)26-8-6-18(28)25-21(26)29)11-34-37(30)33-9-7-16(36-37)14-4-3-5-15(23)10-14/h3-6,8,10,16-17,19-20H,7,9,11-12H2,1-2H3,(H,25,28,29)/t16-,17+,19+,20+,22+,37+/m0/s1. The van der Waals surface area contributed by atoms with E-state index in [9.17, 15) is 18.9 Å². The SMILES string of the molecule is CC(=O)OCO[C@@H]1[C@@H](CO[P@@]2(=O)OCC[C@@H](c3cccc(Cl)c3)O2)O[C@@H](n2ccc(=O)[nH]c2=O)[C@]1(C)F. The number of hydrogen-bond acceptors (Lipinski definition) is 10. The maximum absolute atomic E-state index is 16.0. The lowest BCUT2D eigenvalue weighted by Crippen LogP contribution is -2.45. The fraction of sp³-hybridized carbons (Fsp3) is 0.500. The normalized spacial score (nSPS) is 31.8. The molecule has 0 spiro atoms. The van der Waals surface area contributed by atoms with Crippen molar-refractivity contribution in [3.8, 4) is 0 Å². The van der Waals surface area contributed by atoms with E-state index in [1.54, 1.807) is 24.3 Å². The van der Waals surface area contributed by atoms with E-state index in [1.807, 2.05) is 4.98 Å². The number of alkyl halides is 1. The van der Waals surface area contributed by atoms with Crippen molar-refractivity contribution in [2.75, 3.05) is 20.0 Å². The zero-order chi connectivity index (χ0) is 26.8. The molecule has 4 rings (SSSR count). The minimum atomic E-state index is -4.12. The number of ether oxygens (including phenoxy) is 3. The van der Waals surface area contributed by atoms with Crippen molar-refractivity contribution in [1.29, 1.82) is 0 Å². The first kappa shape index (κ1) is 27.6. The minimum absolute atomic E-state index is 0.0581. The number of H-pyrrole nitrogens is 1. The van der Waals surface area contributed by atoms with Gasteiger partial charge in [-0.05, 0) is 24.6 Å². The Kier molecular flexibility index (Phi) is 8.34. The van der Waals surface area contributed by atoms with Gasteiger partial charge in [-0.25, -0.2) is 13.8 Å². The molecule has 1 aromatic carbocycles. The molecular weight excluding hydrogens is 538 g/mol. The van der Waals surface area contributed by atoms with Gasteiger partial charge in [-0.15, -0.1) is 0 Å². The van der Waals surface area contributed by atoms with Crippen molar-refractivity contribution in [1.82, 2.24) is 9.55 Å². The molecule has 2 fully saturated rings. The molecule has 1 aromatic heterocycles. The number of halogens is 2. The number of esters is 1. The van der Waals surface area contributed by atoms with Crippen LogP contribution in [0, 0.1) is 0 Å². The Balaban J connectivity index is 1.52. The van der Waals surface area contributed by atoms with E-state index in [1.165, 1.54) is 0 Å². The summed E-state index contributed by atoms with van der Waals surface area (Å²) in [5.41, 5.74) is -3.31. The smallest absolute Gasteiger partial charge is 0.439 e. The van der Waals surface area contributed by atoms with E-state index < -0.39 is 68.6 Å². The predicted octanol–water partition coefficient (Wildman–Crippen LogP) is 3.02. The number of rotatable bonds is 8. The van der Waals surface area contributed by atoms with Gasteiger partial charge in [0.1, 0.15) is 12.2 Å². The zero-order valence-corrected chi connectivity index (χ0v) is 21.5.